The zero-order valence-electron chi connectivity index (χ0n) is 16.0. The third-order valence-corrected chi connectivity index (χ3v) is 3.64. The summed E-state index contributed by atoms with van der Waals surface area (Å²) in [6.07, 6.45) is 4.32. The van der Waals surface area contributed by atoms with Gasteiger partial charge in [0, 0.05) is 26.6 Å². The number of allylic oxidation sites excluding steroid dienone is 3. The Labute approximate surface area is 156 Å². The lowest BCUT2D eigenvalue weighted by Gasteiger charge is -2.32. The van der Waals surface area contributed by atoms with Crippen molar-refractivity contribution in [2.24, 2.45) is 11.1 Å². The van der Waals surface area contributed by atoms with Gasteiger partial charge in [0.25, 0.3) is 0 Å². The Morgan fingerprint density at radius 2 is 1.96 bits per heavy atom. The Bertz CT molecular complexity index is 498. The first-order chi connectivity index (χ1) is 11.6. The van der Waals surface area contributed by atoms with E-state index in [0.29, 0.717) is 43.5 Å². The zero-order chi connectivity index (χ0) is 19.5. The molecule has 0 rings (SSSR count). The second kappa shape index (κ2) is 11.9. The number of ether oxygens (including phenoxy) is 1. The van der Waals surface area contributed by atoms with Crippen molar-refractivity contribution in [3.05, 3.63) is 22.9 Å². The van der Waals surface area contributed by atoms with Crippen molar-refractivity contribution >= 4 is 23.4 Å². The summed E-state index contributed by atoms with van der Waals surface area (Å²) in [6.45, 7) is 11.1. The van der Waals surface area contributed by atoms with Crippen LogP contribution in [0.1, 0.15) is 41.0 Å². The van der Waals surface area contributed by atoms with Crippen LogP contribution in [0.15, 0.2) is 22.9 Å². The van der Waals surface area contributed by atoms with Gasteiger partial charge in [0.05, 0.1) is 18.2 Å². The zero-order valence-corrected chi connectivity index (χ0v) is 16.8. The van der Waals surface area contributed by atoms with Crippen molar-refractivity contribution in [1.82, 2.24) is 10.2 Å². The van der Waals surface area contributed by atoms with Gasteiger partial charge in [-0.15, -0.1) is 0 Å². The van der Waals surface area contributed by atoms with Crippen molar-refractivity contribution in [2.75, 3.05) is 32.8 Å². The lowest BCUT2D eigenvalue weighted by molar-refractivity contribution is -0.131. The molecule has 0 aliphatic carbocycles. The standard InChI is InChI=1S/C18H32ClN3O3/c1-6-8-16(14(2)19)25-10-7-9-22(17(24)11-20)13-18(4,5)12-21-15(3)23/h6,8H,7,9-13,20H2,1-5H3,(H,21,23). The van der Waals surface area contributed by atoms with Crippen molar-refractivity contribution < 1.29 is 14.3 Å². The molecule has 0 atom stereocenters. The number of hydrogen-bond acceptors (Lipinski definition) is 4. The van der Waals surface area contributed by atoms with Gasteiger partial charge >= 0.3 is 0 Å². The molecule has 0 fully saturated rings. The molecule has 2 amide bonds. The van der Waals surface area contributed by atoms with E-state index in [9.17, 15) is 9.59 Å². The van der Waals surface area contributed by atoms with Crippen molar-refractivity contribution in [3.63, 3.8) is 0 Å². The van der Waals surface area contributed by atoms with Crippen LogP contribution in [0.2, 0.25) is 0 Å². The minimum absolute atomic E-state index is 0.0401. The molecular formula is C18H32ClN3O3. The van der Waals surface area contributed by atoms with Gasteiger partial charge in [-0.25, -0.2) is 0 Å². The molecule has 0 aliphatic rings. The number of halogens is 1. The van der Waals surface area contributed by atoms with Crippen molar-refractivity contribution in [1.29, 1.82) is 0 Å². The molecule has 7 heteroatoms. The second-order valence-corrected chi connectivity index (χ2v) is 7.26. The summed E-state index contributed by atoms with van der Waals surface area (Å²) >= 11 is 5.97. The van der Waals surface area contributed by atoms with E-state index in [2.05, 4.69) is 5.32 Å². The first-order valence-corrected chi connectivity index (χ1v) is 8.85. The van der Waals surface area contributed by atoms with E-state index in [4.69, 9.17) is 22.1 Å². The fraction of sp³-hybridized carbons (Fsp3) is 0.667. The summed E-state index contributed by atoms with van der Waals surface area (Å²) in [5.41, 5.74) is 5.27. The molecule has 0 spiro atoms. The molecule has 0 aliphatic heterocycles. The molecular weight excluding hydrogens is 342 g/mol. The predicted molar refractivity (Wildman–Crippen MR) is 102 cm³/mol. The molecule has 0 bridgehead atoms. The molecule has 25 heavy (non-hydrogen) atoms. The monoisotopic (exact) mass is 373 g/mol. The maximum absolute atomic E-state index is 12.1. The van der Waals surface area contributed by atoms with E-state index >= 15 is 0 Å². The number of nitrogens with one attached hydrogen (secondary N) is 1. The summed E-state index contributed by atoms with van der Waals surface area (Å²) in [7, 11) is 0. The Morgan fingerprint density at radius 1 is 1.32 bits per heavy atom. The average Bonchev–Trinajstić information content (AvgIpc) is 2.53. The molecule has 0 radical (unpaired) electrons. The molecule has 6 nitrogen and oxygen atoms in total. The second-order valence-electron chi connectivity index (χ2n) is 6.69. The van der Waals surface area contributed by atoms with Crippen molar-refractivity contribution in [2.45, 2.75) is 41.0 Å². The summed E-state index contributed by atoms with van der Waals surface area (Å²) in [6, 6.07) is 0. The number of nitrogens with zero attached hydrogens (tertiary/aromatic N) is 1. The Morgan fingerprint density at radius 3 is 2.44 bits per heavy atom. The maximum atomic E-state index is 12.1. The van der Waals surface area contributed by atoms with Gasteiger partial charge in [0.1, 0.15) is 5.76 Å². The minimum Gasteiger partial charge on any atom is -0.492 e. The topological polar surface area (TPSA) is 84.7 Å². The molecule has 0 aromatic rings. The smallest absolute Gasteiger partial charge is 0.236 e. The molecule has 3 N–H and O–H groups in total. The normalized spacial score (nSPS) is 12.8. The highest BCUT2D eigenvalue weighted by molar-refractivity contribution is 6.29. The maximum Gasteiger partial charge on any atom is 0.236 e. The highest BCUT2D eigenvalue weighted by Crippen LogP contribution is 2.17. The SMILES string of the molecule is CC=CC(OCCCN(CC(C)(C)CNC(C)=O)C(=O)CN)=C(C)Cl. The number of rotatable bonds is 11. The van der Waals surface area contributed by atoms with E-state index < -0.39 is 0 Å². The number of carbonyl (C=O) groups is 2. The summed E-state index contributed by atoms with van der Waals surface area (Å²) in [5.74, 6) is 0.429. The van der Waals surface area contributed by atoms with Gasteiger partial charge in [-0.05, 0) is 31.8 Å². The molecule has 0 saturated heterocycles. The average molecular weight is 374 g/mol. The van der Waals surface area contributed by atoms with Crippen LogP contribution in [0.3, 0.4) is 0 Å². The summed E-state index contributed by atoms with van der Waals surface area (Å²) < 4.78 is 5.65. The molecule has 0 aromatic carbocycles. The van der Waals surface area contributed by atoms with E-state index in [1.165, 1.54) is 6.92 Å². The van der Waals surface area contributed by atoms with E-state index in [-0.39, 0.29) is 23.8 Å². The third-order valence-electron chi connectivity index (χ3n) is 3.45. The van der Waals surface area contributed by atoms with Gasteiger partial charge in [0.15, 0.2) is 0 Å². The van der Waals surface area contributed by atoms with Crippen LogP contribution in [0.25, 0.3) is 0 Å². The number of hydrogen-bond donors (Lipinski definition) is 2. The van der Waals surface area contributed by atoms with E-state index in [1.807, 2.05) is 32.9 Å². The minimum atomic E-state index is -0.250. The van der Waals surface area contributed by atoms with Gasteiger partial charge in [-0.2, -0.15) is 0 Å². The number of amides is 2. The van der Waals surface area contributed by atoms with Crippen LogP contribution in [0.4, 0.5) is 0 Å². The molecule has 0 heterocycles. The largest absolute Gasteiger partial charge is 0.492 e. The Hall–Kier alpha value is -1.53. The lowest BCUT2D eigenvalue weighted by Crippen LogP contribution is -2.46. The molecule has 0 aromatic heterocycles. The highest BCUT2D eigenvalue weighted by atomic mass is 35.5. The third kappa shape index (κ3) is 10.8. The van der Waals surface area contributed by atoms with Crippen LogP contribution >= 0.6 is 11.6 Å². The van der Waals surface area contributed by atoms with E-state index in [0.717, 1.165) is 0 Å². The van der Waals surface area contributed by atoms with Crippen LogP contribution in [-0.4, -0.2) is 49.5 Å². The highest BCUT2D eigenvalue weighted by Gasteiger charge is 2.24. The summed E-state index contributed by atoms with van der Waals surface area (Å²) in [4.78, 5) is 24.9. The van der Waals surface area contributed by atoms with Crippen LogP contribution in [-0.2, 0) is 14.3 Å². The number of carbonyl (C=O) groups excluding carboxylic acids is 2. The van der Waals surface area contributed by atoms with Gasteiger partial charge in [-0.1, -0.05) is 31.5 Å². The fourth-order valence-electron chi connectivity index (χ4n) is 2.21. The van der Waals surface area contributed by atoms with Crippen LogP contribution in [0.5, 0.6) is 0 Å². The Kier molecular flexibility index (Phi) is 11.2. The lowest BCUT2D eigenvalue weighted by atomic mass is 9.92. The van der Waals surface area contributed by atoms with E-state index in [1.54, 1.807) is 11.8 Å². The van der Waals surface area contributed by atoms with Gasteiger partial charge < -0.3 is 20.7 Å². The molecule has 144 valence electrons. The van der Waals surface area contributed by atoms with Crippen LogP contribution in [0, 0.1) is 5.41 Å². The first kappa shape index (κ1) is 23.5. The van der Waals surface area contributed by atoms with Gasteiger partial charge in [0.2, 0.25) is 11.8 Å². The van der Waals surface area contributed by atoms with Crippen LogP contribution < -0.4 is 11.1 Å². The van der Waals surface area contributed by atoms with Gasteiger partial charge in [-0.3, -0.25) is 9.59 Å². The summed E-state index contributed by atoms with van der Waals surface area (Å²) in [5, 5.41) is 3.38. The predicted octanol–water partition coefficient (Wildman–Crippen LogP) is 2.39. The van der Waals surface area contributed by atoms with Crippen molar-refractivity contribution in [3.8, 4) is 0 Å². The Balaban J connectivity index is 4.62. The quantitative estimate of drug-likeness (QED) is 0.331. The molecule has 0 saturated carbocycles. The molecule has 0 unspecified atom stereocenters. The first-order valence-electron chi connectivity index (χ1n) is 8.47. The fourth-order valence-corrected chi connectivity index (χ4v) is 2.33. The number of nitrogens with two attached hydrogens (primary N) is 1.